The molecule has 7 nitrogen and oxygen atoms in total. The van der Waals surface area contributed by atoms with Crippen LogP contribution in [0, 0.1) is 6.92 Å². The quantitative estimate of drug-likeness (QED) is 0.719. The van der Waals surface area contributed by atoms with E-state index in [2.05, 4.69) is 15.0 Å². The van der Waals surface area contributed by atoms with Gasteiger partial charge in [0.25, 0.3) is 0 Å². The lowest BCUT2D eigenvalue weighted by Gasteiger charge is -2.26. The topological polar surface area (TPSA) is 65.3 Å². The smallest absolute Gasteiger partial charge is 0.226 e. The molecule has 134 valence electrons. The van der Waals surface area contributed by atoms with E-state index in [0.29, 0.717) is 13.2 Å². The van der Waals surface area contributed by atoms with Gasteiger partial charge in [0.05, 0.1) is 37.4 Å². The summed E-state index contributed by atoms with van der Waals surface area (Å²) in [5, 5.41) is 4.64. The van der Waals surface area contributed by atoms with E-state index >= 15 is 0 Å². The van der Waals surface area contributed by atoms with Gasteiger partial charge in [0.1, 0.15) is 5.75 Å². The highest BCUT2D eigenvalue weighted by atomic mass is 16.5. The highest BCUT2D eigenvalue weighted by Crippen LogP contribution is 2.24. The van der Waals surface area contributed by atoms with E-state index in [9.17, 15) is 0 Å². The predicted octanol–water partition coefficient (Wildman–Crippen LogP) is 2.48. The summed E-state index contributed by atoms with van der Waals surface area (Å²) in [5.74, 6) is 1.56. The second-order valence-corrected chi connectivity index (χ2v) is 6.11. The molecule has 26 heavy (non-hydrogen) atoms. The maximum atomic E-state index is 5.40. The van der Waals surface area contributed by atoms with Crippen LogP contribution in [0.25, 0.3) is 16.9 Å². The molecule has 1 aromatic carbocycles. The second kappa shape index (κ2) is 7.13. The average Bonchev–Trinajstić information content (AvgIpc) is 3.10. The van der Waals surface area contributed by atoms with Gasteiger partial charge < -0.3 is 14.4 Å². The summed E-state index contributed by atoms with van der Waals surface area (Å²) in [5.41, 5.74) is 3.77. The molecule has 3 heterocycles. The summed E-state index contributed by atoms with van der Waals surface area (Å²) >= 11 is 0. The molecule has 0 radical (unpaired) electrons. The summed E-state index contributed by atoms with van der Waals surface area (Å²) in [6, 6.07) is 9.73. The molecule has 0 bridgehead atoms. The van der Waals surface area contributed by atoms with E-state index in [4.69, 9.17) is 14.5 Å². The van der Waals surface area contributed by atoms with Gasteiger partial charge in [-0.05, 0) is 37.3 Å². The third kappa shape index (κ3) is 3.25. The van der Waals surface area contributed by atoms with Gasteiger partial charge in [0.15, 0.2) is 0 Å². The Balaban J connectivity index is 1.64. The van der Waals surface area contributed by atoms with Gasteiger partial charge in [0, 0.05) is 31.0 Å². The molecular formula is C19H21N5O2. The van der Waals surface area contributed by atoms with Gasteiger partial charge in [-0.3, -0.25) is 0 Å². The van der Waals surface area contributed by atoms with Gasteiger partial charge in [-0.2, -0.15) is 5.10 Å². The average molecular weight is 351 g/mol. The number of methoxy groups -OCH3 is 1. The second-order valence-electron chi connectivity index (χ2n) is 6.11. The highest BCUT2D eigenvalue weighted by Gasteiger charge is 2.16. The number of hydrogen-bond acceptors (Lipinski definition) is 6. The first-order valence-corrected chi connectivity index (χ1v) is 8.61. The molecule has 4 rings (SSSR count). The van der Waals surface area contributed by atoms with Crippen LogP contribution in [-0.2, 0) is 4.74 Å². The minimum atomic E-state index is 0.710. The fourth-order valence-corrected chi connectivity index (χ4v) is 2.99. The first-order valence-electron chi connectivity index (χ1n) is 8.61. The van der Waals surface area contributed by atoms with Crippen molar-refractivity contribution in [1.82, 2.24) is 19.7 Å². The number of ether oxygens (including phenoxy) is 2. The van der Waals surface area contributed by atoms with Crippen molar-refractivity contribution in [1.29, 1.82) is 0 Å². The van der Waals surface area contributed by atoms with E-state index in [0.717, 1.165) is 47.4 Å². The number of morpholine rings is 1. The molecule has 0 amide bonds. The Kier molecular flexibility index (Phi) is 4.53. The lowest BCUT2D eigenvalue weighted by Crippen LogP contribution is -2.37. The Morgan fingerprint density at radius 1 is 1.08 bits per heavy atom. The zero-order chi connectivity index (χ0) is 17.9. The SMILES string of the molecule is COc1ccc(-n2cc(-c3ccnc(N4CCOCC4)n3)c(C)n2)cc1. The van der Waals surface area contributed by atoms with Crippen molar-refractivity contribution in [3.63, 3.8) is 0 Å². The molecule has 1 saturated heterocycles. The zero-order valence-electron chi connectivity index (χ0n) is 14.9. The number of hydrogen-bond donors (Lipinski definition) is 0. The summed E-state index contributed by atoms with van der Waals surface area (Å²) in [6.45, 7) is 5.04. The van der Waals surface area contributed by atoms with Crippen LogP contribution < -0.4 is 9.64 Å². The maximum Gasteiger partial charge on any atom is 0.226 e. The minimum Gasteiger partial charge on any atom is -0.497 e. The van der Waals surface area contributed by atoms with Gasteiger partial charge in [0.2, 0.25) is 5.95 Å². The van der Waals surface area contributed by atoms with Crippen LogP contribution in [0.15, 0.2) is 42.7 Å². The van der Waals surface area contributed by atoms with Crippen LogP contribution in [0.3, 0.4) is 0 Å². The molecule has 0 aliphatic carbocycles. The Morgan fingerprint density at radius 2 is 1.85 bits per heavy atom. The van der Waals surface area contributed by atoms with E-state index in [1.807, 2.05) is 48.1 Å². The van der Waals surface area contributed by atoms with Gasteiger partial charge in [-0.1, -0.05) is 0 Å². The van der Waals surface area contributed by atoms with Gasteiger partial charge >= 0.3 is 0 Å². The largest absolute Gasteiger partial charge is 0.497 e. The molecule has 0 saturated carbocycles. The van der Waals surface area contributed by atoms with E-state index < -0.39 is 0 Å². The van der Waals surface area contributed by atoms with Crippen molar-refractivity contribution in [2.24, 2.45) is 0 Å². The van der Waals surface area contributed by atoms with Crippen molar-refractivity contribution in [3.8, 4) is 22.7 Å². The summed E-state index contributed by atoms with van der Waals surface area (Å²) < 4.78 is 12.5. The van der Waals surface area contributed by atoms with Crippen molar-refractivity contribution < 1.29 is 9.47 Å². The predicted molar refractivity (Wildman–Crippen MR) is 98.9 cm³/mol. The molecule has 2 aromatic heterocycles. The molecule has 3 aromatic rings. The van der Waals surface area contributed by atoms with Crippen LogP contribution in [0.2, 0.25) is 0 Å². The Bertz CT molecular complexity index is 885. The standard InChI is InChI=1S/C19H21N5O2/c1-14-17(13-24(22-14)15-3-5-16(25-2)6-4-15)18-7-8-20-19(21-18)23-9-11-26-12-10-23/h3-8,13H,9-12H2,1-2H3. The van der Waals surface area contributed by atoms with Gasteiger partial charge in [-0.25, -0.2) is 14.6 Å². The van der Waals surface area contributed by atoms with Crippen molar-refractivity contribution in [3.05, 3.63) is 48.4 Å². The van der Waals surface area contributed by atoms with Crippen molar-refractivity contribution >= 4 is 5.95 Å². The minimum absolute atomic E-state index is 0.710. The third-order valence-corrected chi connectivity index (χ3v) is 4.45. The van der Waals surface area contributed by atoms with Gasteiger partial charge in [-0.15, -0.1) is 0 Å². The summed E-state index contributed by atoms with van der Waals surface area (Å²) in [4.78, 5) is 11.3. The van der Waals surface area contributed by atoms with Crippen LogP contribution in [0.4, 0.5) is 5.95 Å². The summed E-state index contributed by atoms with van der Waals surface area (Å²) in [6.07, 6.45) is 3.81. The highest BCUT2D eigenvalue weighted by molar-refractivity contribution is 5.62. The molecule has 1 fully saturated rings. The number of anilines is 1. The number of benzene rings is 1. The molecule has 0 spiro atoms. The first kappa shape index (κ1) is 16.5. The van der Waals surface area contributed by atoms with Crippen molar-refractivity contribution in [2.75, 3.05) is 38.3 Å². The molecule has 0 unspecified atom stereocenters. The number of aryl methyl sites for hydroxylation is 1. The number of nitrogens with zero attached hydrogens (tertiary/aromatic N) is 5. The van der Waals surface area contributed by atoms with Crippen LogP contribution >= 0.6 is 0 Å². The molecule has 7 heteroatoms. The van der Waals surface area contributed by atoms with Crippen molar-refractivity contribution in [2.45, 2.75) is 6.92 Å². The molecular weight excluding hydrogens is 330 g/mol. The number of aromatic nitrogens is 4. The molecule has 0 N–H and O–H groups in total. The Labute approximate surface area is 152 Å². The zero-order valence-corrected chi connectivity index (χ0v) is 14.9. The fourth-order valence-electron chi connectivity index (χ4n) is 2.99. The molecule has 1 aliphatic rings. The lowest BCUT2D eigenvalue weighted by atomic mass is 10.2. The van der Waals surface area contributed by atoms with Crippen LogP contribution in [0.1, 0.15) is 5.69 Å². The Morgan fingerprint density at radius 3 is 2.58 bits per heavy atom. The summed E-state index contributed by atoms with van der Waals surface area (Å²) in [7, 11) is 1.66. The fraction of sp³-hybridized carbons (Fsp3) is 0.316. The van der Waals surface area contributed by atoms with E-state index in [1.54, 1.807) is 13.3 Å². The normalized spacial score (nSPS) is 14.5. The van der Waals surface area contributed by atoms with E-state index in [-0.39, 0.29) is 0 Å². The molecule has 1 aliphatic heterocycles. The monoisotopic (exact) mass is 351 g/mol. The van der Waals surface area contributed by atoms with Crippen LogP contribution in [0.5, 0.6) is 5.75 Å². The Hall–Kier alpha value is -2.93. The number of rotatable bonds is 4. The lowest BCUT2D eigenvalue weighted by molar-refractivity contribution is 0.122. The maximum absolute atomic E-state index is 5.40. The van der Waals surface area contributed by atoms with E-state index in [1.165, 1.54) is 0 Å². The molecule has 0 atom stereocenters. The third-order valence-electron chi connectivity index (χ3n) is 4.45. The van der Waals surface area contributed by atoms with Crippen LogP contribution in [-0.4, -0.2) is 53.2 Å². The first-order chi connectivity index (χ1) is 12.7.